The van der Waals surface area contributed by atoms with Crippen molar-refractivity contribution in [3.8, 4) is 0 Å². The van der Waals surface area contributed by atoms with Crippen LogP contribution in [0.2, 0.25) is 0 Å². The second-order valence-corrected chi connectivity index (χ2v) is 8.21. The molecule has 1 aromatic rings. The van der Waals surface area contributed by atoms with Gasteiger partial charge < -0.3 is 24.4 Å². The Morgan fingerprint density at radius 2 is 1.88 bits per heavy atom. The number of alkyl halides is 3. The molecule has 32 heavy (non-hydrogen) atoms. The summed E-state index contributed by atoms with van der Waals surface area (Å²) in [5, 5.41) is 14.0. The Kier molecular flexibility index (Phi) is 8.12. The zero-order valence-electron chi connectivity index (χ0n) is 17.8. The van der Waals surface area contributed by atoms with Crippen molar-refractivity contribution in [3.05, 3.63) is 17.5 Å². The van der Waals surface area contributed by atoms with Gasteiger partial charge in [-0.2, -0.15) is 13.2 Å². The Labute approximate surface area is 183 Å². The second-order valence-electron chi connectivity index (χ2n) is 8.21. The highest BCUT2D eigenvalue weighted by Gasteiger charge is 2.42. The molecule has 3 saturated heterocycles. The Hall–Kier alpha value is -2.18. The van der Waals surface area contributed by atoms with Gasteiger partial charge in [0, 0.05) is 39.0 Å². The maximum atomic E-state index is 12.6. The van der Waals surface area contributed by atoms with Crippen LogP contribution in [0.4, 0.5) is 13.2 Å². The minimum Gasteiger partial charge on any atom is -0.475 e. The zero-order valence-corrected chi connectivity index (χ0v) is 17.8. The number of aliphatic carboxylic acids is 1. The molecule has 9 nitrogen and oxygen atoms in total. The lowest BCUT2D eigenvalue weighted by atomic mass is 9.84. The number of hydrogen-bond acceptors (Lipinski definition) is 7. The van der Waals surface area contributed by atoms with Gasteiger partial charge in [-0.15, -0.1) is 0 Å². The summed E-state index contributed by atoms with van der Waals surface area (Å²) in [5.41, 5.74) is 0.510. The highest BCUT2D eigenvalue weighted by molar-refractivity contribution is 5.95. The van der Waals surface area contributed by atoms with Crippen LogP contribution in [-0.4, -0.2) is 84.3 Å². The van der Waals surface area contributed by atoms with Crippen LogP contribution < -0.4 is 5.32 Å². The number of likely N-dealkylation sites (tertiary alicyclic amines) is 1. The maximum Gasteiger partial charge on any atom is 0.490 e. The highest BCUT2D eigenvalue weighted by Crippen LogP contribution is 2.31. The first-order valence-electron chi connectivity index (χ1n) is 10.6. The molecule has 0 bridgehead atoms. The van der Waals surface area contributed by atoms with Gasteiger partial charge in [0.05, 0.1) is 18.3 Å². The van der Waals surface area contributed by atoms with Crippen molar-refractivity contribution in [3.63, 3.8) is 0 Å². The molecule has 3 aliphatic heterocycles. The van der Waals surface area contributed by atoms with Crippen LogP contribution >= 0.6 is 0 Å². The number of nitrogens with zero attached hydrogens (tertiary/aromatic N) is 2. The lowest BCUT2D eigenvalue weighted by Crippen LogP contribution is -2.63. The van der Waals surface area contributed by atoms with Crippen molar-refractivity contribution in [2.45, 2.75) is 57.0 Å². The topological polar surface area (TPSA) is 114 Å². The molecule has 0 saturated carbocycles. The predicted octanol–water partition coefficient (Wildman–Crippen LogP) is 2.00. The van der Waals surface area contributed by atoms with E-state index in [2.05, 4.69) is 15.4 Å². The molecule has 1 aromatic heterocycles. The normalized spacial score (nSPS) is 27.1. The molecular weight excluding hydrogens is 435 g/mol. The molecule has 2 N–H and O–H groups in total. The minimum absolute atomic E-state index is 0.00342. The van der Waals surface area contributed by atoms with Crippen LogP contribution in [0.3, 0.4) is 0 Å². The fourth-order valence-electron chi connectivity index (χ4n) is 4.48. The molecule has 4 rings (SSSR count). The molecule has 3 fully saturated rings. The first-order valence-corrected chi connectivity index (χ1v) is 10.6. The molecule has 0 unspecified atom stereocenters. The molecular formula is C20H28F3N3O6. The van der Waals surface area contributed by atoms with Gasteiger partial charge in [-0.1, -0.05) is 5.16 Å². The molecule has 3 atom stereocenters. The van der Waals surface area contributed by atoms with E-state index in [0.29, 0.717) is 23.3 Å². The van der Waals surface area contributed by atoms with Crippen molar-refractivity contribution in [2.75, 3.05) is 32.9 Å². The number of fused-ring (bicyclic) bond motifs is 1. The molecule has 1 amide bonds. The van der Waals surface area contributed by atoms with Crippen LogP contribution in [0.1, 0.15) is 41.8 Å². The predicted molar refractivity (Wildman–Crippen MR) is 104 cm³/mol. The van der Waals surface area contributed by atoms with E-state index in [1.807, 2.05) is 0 Å². The SMILES string of the molecule is Cc1oncc1C(=O)N[C@@H]1CN(C2CCOCC2)C[C@@H]2CCCO[C@@H]21.O=C(O)C(F)(F)F. The third kappa shape index (κ3) is 6.20. The fraction of sp³-hybridized carbons (Fsp3) is 0.750. The summed E-state index contributed by atoms with van der Waals surface area (Å²) in [4.78, 5) is 24.1. The number of aromatic nitrogens is 1. The van der Waals surface area contributed by atoms with Crippen molar-refractivity contribution in [1.29, 1.82) is 0 Å². The number of ether oxygens (including phenoxy) is 2. The molecule has 0 spiro atoms. The Morgan fingerprint density at radius 1 is 1.19 bits per heavy atom. The van der Waals surface area contributed by atoms with Gasteiger partial charge in [-0.25, -0.2) is 4.79 Å². The standard InChI is InChI=1S/C18H27N3O4.C2HF3O2/c1-12-15(9-19-25-12)18(22)20-16-11-21(14-4-7-23-8-5-14)10-13-3-2-6-24-17(13)16;3-2(4,5)1(6)7/h9,13-14,16-17H,2-8,10-11H2,1H3,(H,20,22);(H,6,7)/t13-,16+,17-;/m0./s1. The number of rotatable bonds is 3. The van der Waals surface area contributed by atoms with E-state index >= 15 is 0 Å². The van der Waals surface area contributed by atoms with Crippen LogP contribution in [0.25, 0.3) is 0 Å². The number of carbonyl (C=O) groups excluding carboxylic acids is 1. The highest BCUT2D eigenvalue weighted by atomic mass is 19.4. The Morgan fingerprint density at radius 3 is 2.47 bits per heavy atom. The summed E-state index contributed by atoms with van der Waals surface area (Å²) in [7, 11) is 0. The van der Waals surface area contributed by atoms with Gasteiger partial charge >= 0.3 is 12.1 Å². The van der Waals surface area contributed by atoms with Crippen LogP contribution in [0.5, 0.6) is 0 Å². The van der Waals surface area contributed by atoms with E-state index in [0.717, 1.165) is 52.2 Å². The largest absolute Gasteiger partial charge is 0.490 e. The molecule has 3 aliphatic rings. The number of hydrogen-bond donors (Lipinski definition) is 2. The molecule has 0 radical (unpaired) electrons. The number of amides is 1. The van der Waals surface area contributed by atoms with E-state index in [1.54, 1.807) is 6.92 Å². The average Bonchev–Trinajstić information content (AvgIpc) is 3.20. The second kappa shape index (κ2) is 10.6. The quantitative estimate of drug-likeness (QED) is 0.700. The molecule has 4 heterocycles. The van der Waals surface area contributed by atoms with Crippen molar-refractivity contribution < 1.29 is 41.9 Å². The Bertz CT molecular complexity index is 781. The summed E-state index contributed by atoms with van der Waals surface area (Å²) < 4.78 is 48.4. The summed E-state index contributed by atoms with van der Waals surface area (Å²) in [6.07, 6.45) is 0.932. The van der Waals surface area contributed by atoms with E-state index in [4.69, 9.17) is 23.9 Å². The van der Waals surface area contributed by atoms with Crippen LogP contribution in [0.15, 0.2) is 10.7 Å². The van der Waals surface area contributed by atoms with E-state index in [-0.39, 0.29) is 18.1 Å². The number of carboxylic acid groups (broad SMARTS) is 1. The first kappa shape index (κ1) is 24.5. The zero-order chi connectivity index (χ0) is 23.3. The van der Waals surface area contributed by atoms with Gasteiger partial charge in [-0.3, -0.25) is 9.69 Å². The lowest BCUT2D eigenvalue weighted by molar-refractivity contribution is -0.192. The summed E-state index contributed by atoms with van der Waals surface area (Å²) >= 11 is 0. The average molecular weight is 463 g/mol. The fourth-order valence-corrected chi connectivity index (χ4v) is 4.48. The van der Waals surface area contributed by atoms with Gasteiger partial charge in [0.15, 0.2) is 0 Å². The lowest BCUT2D eigenvalue weighted by Gasteiger charge is -2.48. The van der Waals surface area contributed by atoms with Gasteiger partial charge in [0.1, 0.15) is 11.3 Å². The molecule has 12 heteroatoms. The van der Waals surface area contributed by atoms with E-state index in [1.165, 1.54) is 12.6 Å². The number of carbonyl (C=O) groups is 2. The van der Waals surface area contributed by atoms with Gasteiger partial charge in [0.25, 0.3) is 5.91 Å². The number of halogens is 3. The molecule has 180 valence electrons. The van der Waals surface area contributed by atoms with Crippen LogP contribution in [0, 0.1) is 12.8 Å². The van der Waals surface area contributed by atoms with E-state index < -0.39 is 12.1 Å². The number of piperidine rings is 1. The Balaban J connectivity index is 0.000000360. The van der Waals surface area contributed by atoms with Crippen molar-refractivity contribution in [1.82, 2.24) is 15.4 Å². The number of carboxylic acids is 1. The summed E-state index contributed by atoms with van der Waals surface area (Å²) in [6, 6.07) is 0.553. The third-order valence-electron chi connectivity index (χ3n) is 6.05. The summed E-state index contributed by atoms with van der Waals surface area (Å²) in [5.74, 6) is -1.84. The van der Waals surface area contributed by atoms with E-state index in [9.17, 15) is 18.0 Å². The minimum atomic E-state index is -5.08. The van der Waals surface area contributed by atoms with Crippen molar-refractivity contribution >= 4 is 11.9 Å². The number of aryl methyl sites for hydroxylation is 1. The maximum absolute atomic E-state index is 12.6. The van der Waals surface area contributed by atoms with Gasteiger partial charge in [0.2, 0.25) is 0 Å². The van der Waals surface area contributed by atoms with Gasteiger partial charge in [-0.05, 0) is 38.5 Å². The first-order chi connectivity index (χ1) is 15.2. The van der Waals surface area contributed by atoms with Crippen molar-refractivity contribution in [2.24, 2.45) is 5.92 Å². The third-order valence-corrected chi connectivity index (χ3v) is 6.05. The molecule has 0 aromatic carbocycles. The van der Waals surface area contributed by atoms with Crippen LogP contribution in [-0.2, 0) is 14.3 Å². The number of nitrogens with one attached hydrogen (secondary N) is 1. The monoisotopic (exact) mass is 463 g/mol. The smallest absolute Gasteiger partial charge is 0.475 e. The molecule has 0 aliphatic carbocycles. The summed E-state index contributed by atoms with van der Waals surface area (Å²) in [6.45, 7) is 6.12.